The molecule has 1 atom stereocenters. The zero-order valence-electron chi connectivity index (χ0n) is 11.1. The zero-order valence-corrected chi connectivity index (χ0v) is 12.7. The van der Waals surface area contributed by atoms with Gasteiger partial charge in [-0.3, -0.25) is 9.59 Å². The Morgan fingerprint density at radius 2 is 2.10 bits per heavy atom. The number of amides is 2. The summed E-state index contributed by atoms with van der Waals surface area (Å²) in [4.78, 5) is 23.6. The van der Waals surface area contributed by atoms with E-state index < -0.39 is 0 Å². The summed E-state index contributed by atoms with van der Waals surface area (Å²) in [5.41, 5.74) is 0.600. The summed E-state index contributed by atoms with van der Waals surface area (Å²) in [7, 11) is 0. The summed E-state index contributed by atoms with van der Waals surface area (Å²) in [6.45, 7) is 1.76. The third-order valence-corrected chi connectivity index (χ3v) is 3.67. The SMILES string of the molecule is O=C(NCCNC(=O)C1CCCN1)c1cccc(Br)c1. The minimum atomic E-state index is -0.139. The molecular formula is C14H18BrN3O2. The second-order valence-corrected chi connectivity index (χ2v) is 5.62. The Labute approximate surface area is 126 Å². The summed E-state index contributed by atoms with van der Waals surface area (Å²) >= 11 is 3.33. The first kappa shape index (κ1) is 15.0. The average Bonchev–Trinajstić information content (AvgIpc) is 2.97. The Morgan fingerprint density at radius 3 is 2.80 bits per heavy atom. The van der Waals surface area contributed by atoms with Crippen molar-refractivity contribution in [1.29, 1.82) is 0 Å². The average molecular weight is 340 g/mol. The maximum absolute atomic E-state index is 11.8. The Balaban J connectivity index is 1.68. The molecule has 1 aromatic rings. The first-order chi connectivity index (χ1) is 9.66. The number of rotatable bonds is 5. The highest BCUT2D eigenvalue weighted by molar-refractivity contribution is 9.10. The van der Waals surface area contributed by atoms with Crippen molar-refractivity contribution in [2.75, 3.05) is 19.6 Å². The van der Waals surface area contributed by atoms with Crippen molar-refractivity contribution in [3.8, 4) is 0 Å². The third kappa shape index (κ3) is 4.31. The number of nitrogens with one attached hydrogen (secondary N) is 3. The molecule has 1 heterocycles. The first-order valence-corrected chi connectivity index (χ1v) is 7.51. The smallest absolute Gasteiger partial charge is 0.251 e. The Kier molecular flexibility index (Phi) is 5.55. The molecule has 0 saturated carbocycles. The van der Waals surface area contributed by atoms with Crippen molar-refractivity contribution < 1.29 is 9.59 Å². The molecule has 1 saturated heterocycles. The Bertz CT molecular complexity index is 487. The maximum atomic E-state index is 11.8. The minimum Gasteiger partial charge on any atom is -0.353 e. The molecule has 1 aliphatic rings. The van der Waals surface area contributed by atoms with E-state index in [4.69, 9.17) is 0 Å². The van der Waals surface area contributed by atoms with Crippen LogP contribution in [0.1, 0.15) is 23.2 Å². The number of carbonyl (C=O) groups is 2. The van der Waals surface area contributed by atoms with E-state index in [9.17, 15) is 9.59 Å². The molecule has 6 heteroatoms. The van der Waals surface area contributed by atoms with Gasteiger partial charge in [0.25, 0.3) is 5.91 Å². The van der Waals surface area contributed by atoms with Gasteiger partial charge in [-0.2, -0.15) is 0 Å². The van der Waals surface area contributed by atoms with Crippen LogP contribution in [0.4, 0.5) is 0 Å². The van der Waals surface area contributed by atoms with E-state index in [0.717, 1.165) is 23.9 Å². The molecule has 1 fully saturated rings. The van der Waals surface area contributed by atoms with Crippen LogP contribution in [0, 0.1) is 0 Å². The number of carbonyl (C=O) groups excluding carboxylic acids is 2. The summed E-state index contributed by atoms with van der Waals surface area (Å²) in [5, 5.41) is 8.73. The van der Waals surface area contributed by atoms with Crippen LogP contribution in [-0.2, 0) is 4.79 Å². The largest absolute Gasteiger partial charge is 0.353 e. The lowest BCUT2D eigenvalue weighted by Crippen LogP contribution is -2.43. The van der Waals surface area contributed by atoms with Crippen molar-refractivity contribution in [3.63, 3.8) is 0 Å². The van der Waals surface area contributed by atoms with Crippen LogP contribution in [0.25, 0.3) is 0 Å². The quantitative estimate of drug-likeness (QED) is 0.702. The lowest BCUT2D eigenvalue weighted by Gasteiger charge is -2.11. The van der Waals surface area contributed by atoms with Gasteiger partial charge in [-0.05, 0) is 37.6 Å². The molecule has 2 amide bonds. The molecule has 0 bridgehead atoms. The normalized spacial score (nSPS) is 17.8. The van der Waals surface area contributed by atoms with E-state index in [1.807, 2.05) is 12.1 Å². The van der Waals surface area contributed by atoms with E-state index in [-0.39, 0.29) is 17.9 Å². The fourth-order valence-electron chi connectivity index (χ4n) is 2.13. The second-order valence-electron chi connectivity index (χ2n) is 4.71. The Hall–Kier alpha value is -1.40. The van der Waals surface area contributed by atoms with Crippen LogP contribution in [-0.4, -0.2) is 37.5 Å². The van der Waals surface area contributed by atoms with E-state index in [1.54, 1.807) is 12.1 Å². The van der Waals surface area contributed by atoms with Crippen LogP contribution in [0.2, 0.25) is 0 Å². The van der Waals surface area contributed by atoms with Crippen molar-refractivity contribution in [3.05, 3.63) is 34.3 Å². The molecule has 1 aliphatic heterocycles. The first-order valence-electron chi connectivity index (χ1n) is 6.71. The fourth-order valence-corrected chi connectivity index (χ4v) is 2.52. The van der Waals surface area contributed by atoms with Gasteiger partial charge in [-0.15, -0.1) is 0 Å². The number of halogens is 1. The molecule has 5 nitrogen and oxygen atoms in total. The zero-order chi connectivity index (χ0) is 14.4. The highest BCUT2D eigenvalue weighted by Gasteiger charge is 2.21. The predicted octanol–water partition coefficient (Wildman–Crippen LogP) is 1.05. The Morgan fingerprint density at radius 1 is 1.30 bits per heavy atom. The molecule has 0 aromatic heterocycles. The van der Waals surface area contributed by atoms with Gasteiger partial charge in [0.1, 0.15) is 0 Å². The van der Waals surface area contributed by atoms with E-state index in [2.05, 4.69) is 31.9 Å². The molecule has 0 spiro atoms. The number of hydrogen-bond donors (Lipinski definition) is 3. The molecule has 0 radical (unpaired) electrons. The van der Waals surface area contributed by atoms with Crippen LogP contribution < -0.4 is 16.0 Å². The van der Waals surface area contributed by atoms with Crippen LogP contribution >= 0.6 is 15.9 Å². The summed E-state index contributed by atoms with van der Waals surface area (Å²) in [6.07, 6.45) is 1.92. The number of benzene rings is 1. The fraction of sp³-hybridized carbons (Fsp3) is 0.429. The van der Waals surface area contributed by atoms with Crippen LogP contribution in [0.5, 0.6) is 0 Å². The van der Waals surface area contributed by atoms with Crippen molar-refractivity contribution >= 4 is 27.7 Å². The van der Waals surface area contributed by atoms with Gasteiger partial charge in [0.05, 0.1) is 6.04 Å². The van der Waals surface area contributed by atoms with Crippen molar-refractivity contribution in [2.45, 2.75) is 18.9 Å². The van der Waals surface area contributed by atoms with Gasteiger partial charge in [-0.1, -0.05) is 22.0 Å². The maximum Gasteiger partial charge on any atom is 0.251 e. The lowest BCUT2D eigenvalue weighted by molar-refractivity contribution is -0.122. The minimum absolute atomic E-state index is 0.0132. The molecule has 108 valence electrons. The standard InChI is InChI=1S/C14H18BrN3O2/c15-11-4-1-3-10(9-11)13(19)17-7-8-18-14(20)12-5-2-6-16-12/h1,3-4,9,12,16H,2,5-8H2,(H,17,19)(H,18,20). The number of hydrogen-bond acceptors (Lipinski definition) is 3. The van der Waals surface area contributed by atoms with Crippen molar-refractivity contribution in [2.24, 2.45) is 0 Å². The molecule has 3 N–H and O–H groups in total. The van der Waals surface area contributed by atoms with E-state index in [1.165, 1.54) is 0 Å². The highest BCUT2D eigenvalue weighted by Crippen LogP contribution is 2.11. The summed E-state index contributed by atoms with van der Waals surface area (Å²) in [5.74, 6) is -0.126. The van der Waals surface area contributed by atoms with Gasteiger partial charge in [-0.25, -0.2) is 0 Å². The molecule has 2 rings (SSSR count). The van der Waals surface area contributed by atoms with Crippen LogP contribution in [0.15, 0.2) is 28.7 Å². The molecule has 1 unspecified atom stereocenters. The van der Waals surface area contributed by atoms with Crippen LogP contribution in [0.3, 0.4) is 0 Å². The third-order valence-electron chi connectivity index (χ3n) is 3.17. The molecule has 0 aliphatic carbocycles. The molecule has 20 heavy (non-hydrogen) atoms. The highest BCUT2D eigenvalue weighted by atomic mass is 79.9. The van der Waals surface area contributed by atoms with Gasteiger partial charge in [0, 0.05) is 23.1 Å². The molecule has 1 aromatic carbocycles. The van der Waals surface area contributed by atoms with Gasteiger partial charge in [0.2, 0.25) is 5.91 Å². The van der Waals surface area contributed by atoms with Gasteiger partial charge < -0.3 is 16.0 Å². The summed E-state index contributed by atoms with van der Waals surface area (Å²) < 4.78 is 0.866. The predicted molar refractivity (Wildman–Crippen MR) is 80.5 cm³/mol. The molecular weight excluding hydrogens is 322 g/mol. The van der Waals surface area contributed by atoms with E-state index in [0.29, 0.717) is 18.7 Å². The van der Waals surface area contributed by atoms with Gasteiger partial charge >= 0.3 is 0 Å². The monoisotopic (exact) mass is 339 g/mol. The topological polar surface area (TPSA) is 70.2 Å². The second kappa shape index (κ2) is 7.40. The summed E-state index contributed by atoms with van der Waals surface area (Å²) in [6, 6.07) is 7.12. The lowest BCUT2D eigenvalue weighted by atomic mass is 10.2. The van der Waals surface area contributed by atoms with Crippen molar-refractivity contribution in [1.82, 2.24) is 16.0 Å². The van der Waals surface area contributed by atoms with E-state index >= 15 is 0 Å². The van der Waals surface area contributed by atoms with Gasteiger partial charge in [0.15, 0.2) is 0 Å².